The standard InChI is InChI=1S/C34H25FN4O6/c35-21-11-9-20(10-12-21)17-39(30(40)18-38-27-8-4-2-6-24(27)32(41)34(38)43)31(25-16-36-26-7-3-1-5-23(25)26)33(42)37-22-13-14-28-29(15-22)45-19-44-28/h1-16,31,36H,17-19H2,(H,37,42)/t31-/m1/s1. The fourth-order valence-electron chi connectivity index (χ4n) is 5.70. The quantitative estimate of drug-likeness (QED) is 0.241. The molecule has 4 aromatic carbocycles. The number of fused-ring (bicyclic) bond motifs is 3. The molecule has 0 saturated heterocycles. The van der Waals surface area contributed by atoms with Gasteiger partial charge in [0.2, 0.25) is 12.7 Å². The molecule has 1 aromatic heterocycles. The van der Waals surface area contributed by atoms with Gasteiger partial charge in [-0.3, -0.25) is 24.1 Å². The monoisotopic (exact) mass is 604 g/mol. The summed E-state index contributed by atoms with van der Waals surface area (Å²) >= 11 is 0. The second-order valence-corrected chi connectivity index (χ2v) is 10.6. The van der Waals surface area contributed by atoms with Crippen molar-refractivity contribution >= 4 is 45.8 Å². The van der Waals surface area contributed by atoms with E-state index >= 15 is 0 Å². The van der Waals surface area contributed by atoms with E-state index in [0.717, 1.165) is 10.4 Å². The molecule has 3 amide bonds. The molecule has 2 N–H and O–H groups in total. The van der Waals surface area contributed by atoms with Crippen LogP contribution in [0.2, 0.25) is 0 Å². The molecule has 1 atom stereocenters. The first-order valence-corrected chi connectivity index (χ1v) is 14.1. The summed E-state index contributed by atoms with van der Waals surface area (Å²) in [5.74, 6) is -2.14. The Balaban J connectivity index is 1.30. The van der Waals surface area contributed by atoms with Crippen LogP contribution in [-0.4, -0.2) is 46.7 Å². The van der Waals surface area contributed by atoms with Crippen molar-refractivity contribution in [3.8, 4) is 11.5 Å². The lowest BCUT2D eigenvalue weighted by Crippen LogP contribution is -2.46. The van der Waals surface area contributed by atoms with Crippen LogP contribution in [-0.2, 0) is 20.9 Å². The minimum absolute atomic E-state index is 0.0610. The smallest absolute Gasteiger partial charge is 0.299 e. The topological polar surface area (TPSA) is 121 Å². The van der Waals surface area contributed by atoms with E-state index in [1.165, 1.54) is 35.2 Å². The van der Waals surface area contributed by atoms with Crippen molar-refractivity contribution < 1.29 is 33.0 Å². The van der Waals surface area contributed by atoms with Gasteiger partial charge in [-0.25, -0.2) is 4.39 Å². The second kappa shape index (κ2) is 11.3. The summed E-state index contributed by atoms with van der Waals surface area (Å²) in [4.78, 5) is 60.0. The van der Waals surface area contributed by atoms with Crippen molar-refractivity contribution in [3.63, 3.8) is 0 Å². The first-order valence-electron chi connectivity index (χ1n) is 14.1. The number of nitrogens with one attached hydrogen (secondary N) is 2. The van der Waals surface area contributed by atoms with Crippen molar-refractivity contribution in [2.45, 2.75) is 12.6 Å². The van der Waals surface area contributed by atoms with E-state index < -0.39 is 41.9 Å². The Labute approximate surface area is 256 Å². The van der Waals surface area contributed by atoms with Crippen LogP contribution in [0.25, 0.3) is 10.9 Å². The maximum Gasteiger partial charge on any atom is 0.299 e. The molecular weight excluding hydrogens is 579 g/mol. The normalized spacial score (nSPS) is 14.0. The molecule has 224 valence electrons. The largest absolute Gasteiger partial charge is 0.454 e. The fraction of sp³-hybridized carbons (Fsp3) is 0.118. The van der Waals surface area contributed by atoms with Gasteiger partial charge in [-0.05, 0) is 48.0 Å². The number of para-hydroxylation sites is 2. The maximum absolute atomic E-state index is 14.3. The number of nitrogens with zero attached hydrogens (tertiary/aromatic N) is 2. The highest BCUT2D eigenvalue weighted by molar-refractivity contribution is 6.52. The molecule has 3 heterocycles. The number of carbonyl (C=O) groups excluding carboxylic acids is 4. The highest BCUT2D eigenvalue weighted by Gasteiger charge is 2.40. The number of aromatic nitrogens is 1. The summed E-state index contributed by atoms with van der Waals surface area (Å²) in [6.45, 7) is -0.542. The lowest BCUT2D eigenvalue weighted by Gasteiger charge is -2.32. The van der Waals surface area contributed by atoms with Gasteiger partial charge >= 0.3 is 0 Å². The predicted octanol–water partition coefficient (Wildman–Crippen LogP) is 4.97. The van der Waals surface area contributed by atoms with Crippen LogP contribution in [0.3, 0.4) is 0 Å². The van der Waals surface area contributed by atoms with Crippen molar-refractivity contribution in [1.82, 2.24) is 9.88 Å². The molecule has 11 heteroatoms. The van der Waals surface area contributed by atoms with Crippen LogP contribution in [0.15, 0.2) is 97.2 Å². The first-order chi connectivity index (χ1) is 21.9. The van der Waals surface area contributed by atoms with E-state index in [4.69, 9.17) is 9.47 Å². The zero-order valence-electron chi connectivity index (χ0n) is 23.7. The summed E-state index contributed by atoms with van der Waals surface area (Å²) in [5, 5.41) is 3.61. The Morgan fingerprint density at radius 1 is 0.933 bits per heavy atom. The van der Waals surface area contributed by atoms with E-state index in [0.29, 0.717) is 39.4 Å². The number of rotatable bonds is 8. The zero-order chi connectivity index (χ0) is 31.1. The summed E-state index contributed by atoms with van der Waals surface area (Å²) in [7, 11) is 0. The lowest BCUT2D eigenvalue weighted by atomic mass is 10.0. The summed E-state index contributed by atoms with van der Waals surface area (Å²) in [5.41, 5.74) is 2.73. The summed E-state index contributed by atoms with van der Waals surface area (Å²) < 4.78 is 24.7. The second-order valence-electron chi connectivity index (χ2n) is 10.6. The fourth-order valence-corrected chi connectivity index (χ4v) is 5.70. The number of anilines is 2. The average molecular weight is 605 g/mol. The number of amides is 3. The van der Waals surface area contributed by atoms with Gasteiger partial charge in [0.1, 0.15) is 18.4 Å². The predicted molar refractivity (Wildman–Crippen MR) is 162 cm³/mol. The molecule has 2 aliphatic rings. The number of benzene rings is 4. The molecule has 45 heavy (non-hydrogen) atoms. The molecule has 10 nitrogen and oxygen atoms in total. The number of hydrogen-bond donors (Lipinski definition) is 2. The van der Waals surface area contributed by atoms with Gasteiger partial charge in [-0.2, -0.15) is 0 Å². The van der Waals surface area contributed by atoms with Gasteiger partial charge in [-0.15, -0.1) is 0 Å². The van der Waals surface area contributed by atoms with Gasteiger partial charge in [-0.1, -0.05) is 42.5 Å². The van der Waals surface area contributed by atoms with E-state index in [1.54, 1.807) is 42.6 Å². The number of H-pyrrole nitrogens is 1. The van der Waals surface area contributed by atoms with Crippen LogP contribution < -0.4 is 19.7 Å². The molecule has 0 unspecified atom stereocenters. The van der Waals surface area contributed by atoms with Gasteiger partial charge in [0.15, 0.2) is 11.5 Å². The number of ketones is 1. The third-order valence-electron chi connectivity index (χ3n) is 7.87. The number of hydrogen-bond acceptors (Lipinski definition) is 6. The van der Waals surface area contributed by atoms with Crippen LogP contribution >= 0.6 is 0 Å². The maximum atomic E-state index is 14.3. The van der Waals surface area contributed by atoms with Crippen molar-refractivity contribution in [2.75, 3.05) is 23.6 Å². The number of halogens is 1. The minimum atomic E-state index is -1.22. The molecule has 5 aromatic rings. The van der Waals surface area contributed by atoms with Crippen LogP contribution in [0.4, 0.5) is 15.8 Å². The Hall–Kier alpha value is -5.97. The minimum Gasteiger partial charge on any atom is -0.454 e. The molecule has 0 bridgehead atoms. The molecule has 0 fully saturated rings. The number of Topliss-reactive ketones (excluding diaryl/α,β-unsaturated/α-hetero) is 1. The van der Waals surface area contributed by atoms with E-state index in [9.17, 15) is 23.6 Å². The van der Waals surface area contributed by atoms with Crippen molar-refractivity contribution in [1.29, 1.82) is 0 Å². The average Bonchev–Trinajstić information content (AvgIpc) is 3.76. The molecule has 0 radical (unpaired) electrons. The van der Waals surface area contributed by atoms with Crippen molar-refractivity contribution in [2.24, 2.45) is 0 Å². The number of aromatic amines is 1. The first kappa shape index (κ1) is 27.8. The molecule has 0 saturated carbocycles. The molecule has 7 rings (SSSR count). The Bertz CT molecular complexity index is 1990. The highest BCUT2D eigenvalue weighted by Crippen LogP contribution is 2.36. The Kier molecular flexibility index (Phi) is 6.97. The molecule has 2 aliphatic heterocycles. The van der Waals surface area contributed by atoms with Gasteiger partial charge in [0, 0.05) is 41.0 Å². The van der Waals surface area contributed by atoms with Gasteiger partial charge < -0.3 is 24.7 Å². The number of carbonyl (C=O) groups is 4. The molecule has 0 aliphatic carbocycles. The Morgan fingerprint density at radius 2 is 1.69 bits per heavy atom. The van der Waals surface area contributed by atoms with Crippen LogP contribution in [0, 0.1) is 5.82 Å². The number of ether oxygens (including phenoxy) is 2. The molecule has 0 spiro atoms. The highest BCUT2D eigenvalue weighted by atomic mass is 19.1. The molecular formula is C34H25FN4O6. The van der Waals surface area contributed by atoms with Crippen LogP contribution in [0.1, 0.15) is 27.5 Å². The summed E-state index contributed by atoms with van der Waals surface area (Å²) in [6.07, 6.45) is 1.67. The van der Waals surface area contributed by atoms with Crippen LogP contribution in [0.5, 0.6) is 11.5 Å². The van der Waals surface area contributed by atoms with Gasteiger partial charge in [0.25, 0.3) is 17.6 Å². The van der Waals surface area contributed by atoms with Gasteiger partial charge in [0.05, 0.1) is 11.3 Å². The summed E-state index contributed by atoms with van der Waals surface area (Å²) in [6, 6.07) is 23.1. The van der Waals surface area contributed by atoms with Crippen molar-refractivity contribution in [3.05, 3.63) is 120 Å². The third kappa shape index (κ3) is 5.14. The van der Waals surface area contributed by atoms with E-state index in [1.807, 2.05) is 24.3 Å². The van der Waals surface area contributed by atoms with E-state index in [2.05, 4.69) is 10.3 Å². The SMILES string of the molecule is O=C1C(=O)N(CC(=O)N(Cc2ccc(F)cc2)[C@@H](C(=O)Nc2ccc3c(c2)OCO3)c2c[nH]c3ccccc23)c2ccccc21. The Morgan fingerprint density at radius 3 is 2.53 bits per heavy atom. The zero-order valence-corrected chi connectivity index (χ0v) is 23.7. The third-order valence-corrected chi connectivity index (χ3v) is 7.87. The van der Waals surface area contributed by atoms with E-state index in [-0.39, 0.29) is 18.9 Å². The lowest BCUT2D eigenvalue weighted by molar-refractivity contribution is -0.139.